The van der Waals surface area contributed by atoms with Gasteiger partial charge in [0.2, 0.25) is 0 Å². The van der Waals surface area contributed by atoms with E-state index in [1.165, 1.54) is 24.5 Å². The van der Waals surface area contributed by atoms with Gasteiger partial charge in [0.15, 0.2) is 11.5 Å². The SMILES string of the molecule is COc1cc(CN(CCNC(=O)OC(C)(C)C)C(=O)c2cccs2)ccc1OCc1ccccc1F. The van der Waals surface area contributed by atoms with Crippen LogP contribution in [0.15, 0.2) is 60.0 Å². The number of amides is 2. The van der Waals surface area contributed by atoms with E-state index in [4.69, 9.17) is 14.2 Å². The van der Waals surface area contributed by atoms with Crippen LogP contribution in [-0.2, 0) is 17.9 Å². The Labute approximate surface area is 214 Å². The van der Waals surface area contributed by atoms with Gasteiger partial charge in [-0.3, -0.25) is 4.79 Å². The average molecular weight is 515 g/mol. The van der Waals surface area contributed by atoms with E-state index in [0.29, 0.717) is 21.9 Å². The number of hydrogen-bond donors (Lipinski definition) is 1. The van der Waals surface area contributed by atoms with Crippen LogP contribution >= 0.6 is 11.3 Å². The van der Waals surface area contributed by atoms with E-state index < -0.39 is 11.7 Å². The summed E-state index contributed by atoms with van der Waals surface area (Å²) in [4.78, 5) is 27.4. The summed E-state index contributed by atoms with van der Waals surface area (Å²) in [5.74, 6) is 0.456. The molecule has 7 nitrogen and oxygen atoms in total. The fourth-order valence-corrected chi connectivity index (χ4v) is 4.03. The number of benzene rings is 2. The van der Waals surface area contributed by atoms with E-state index in [-0.39, 0.29) is 38.0 Å². The summed E-state index contributed by atoms with van der Waals surface area (Å²) in [6.07, 6.45) is -0.538. The third-order valence-corrected chi connectivity index (χ3v) is 5.87. The van der Waals surface area contributed by atoms with Crippen molar-refractivity contribution in [3.8, 4) is 11.5 Å². The molecule has 0 unspecified atom stereocenters. The van der Waals surface area contributed by atoms with Crippen molar-refractivity contribution in [2.45, 2.75) is 39.5 Å². The number of alkyl carbamates (subject to hydrolysis) is 1. The Balaban J connectivity index is 1.69. The van der Waals surface area contributed by atoms with Crippen molar-refractivity contribution in [2.24, 2.45) is 0 Å². The number of thiophene rings is 1. The number of rotatable bonds is 10. The van der Waals surface area contributed by atoms with Crippen LogP contribution in [0, 0.1) is 5.82 Å². The number of methoxy groups -OCH3 is 1. The van der Waals surface area contributed by atoms with Gasteiger partial charge in [-0.2, -0.15) is 0 Å². The number of carbonyl (C=O) groups excluding carboxylic acids is 2. The first-order valence-electron chi connectivity index (χ1n) is 11.5. The Hall–Kier alpha value is -3.59. The standard InChI is InChI=1S/C27H31FN2O5S/c1-27(2,3)35-26(32)29-13-14-30(25(31)24-10-7-15-36-24)17-19-11-12-22(23(16-19)33-4)34-18-20-8-5-6-9-21(20)28/h5-12,15-16H,13-14,17-18H2,1-4H3,(H,29,32). The fourth-order valence-electron chi connectivity index (χ4n) is 3.34. The van der Waals surface area contributed by atoms with Crippen LogP contribution in [0.5, 0.6) is 11.5 Å². The predicted octanol–water partition coefficient (Wildman–Crippen LogP) is 5.64. The van der Waals surface area contributed by atoms with Crippen molar-refractivity contribution in [1.82, 2.24) is 10.2 Å². The van der Waals surface area contributed by atoms with Crippen LogP contribution in [0.1, 0.15) is 41.6 Å². The molecule has 0 fully saturated rings. The van der Waals surface area contributed by atoms with Gasteiger partial charge in [0.05, 0.1) is 12.0 Å². The number of hydrogen-bond acceptors (Lipinski definition) is 6. The second-order valence-electron chi connectivity index (χ2n) is 9.00. The summed E-state index contributed by atoms with van der Waals surface area (Å²) in [6, 6.07) is 15.4. The third-order valence-electron chi connectivity index (χ3n) is 5.01. The highest BCUT2D eigenvalue weighted by Gasteiger charge is 2.20. The molecule has 0 atom stereocenters. The minimum Gasteiger partial charge on any atom is -0.493 e. The maximum absolute atomic E-state index is 13.9. The topological polar surface area (TPSA) is 77.1 Å². The molecule has 1 N–H and O–H groups in total. The van der Waals surface area contributed by atoms with Crippen molar-refractivity contribution in [2.75, 3.05) is 20.2 Å². The Morgan fingerprint density at radius 1 is 1.06 bits per heavy atom. The molecule has 2 aromatic carbocycles. The van der Waals surface area contributed by atoms with Crippen LogP contribution in [0.3, 0.4) is 0 Å². The van der Waals surface area contributed by atoms with Gasteiger partial charge in [0.25, 0.3) is 5.91 Å². The monoisotopic (exact) mass is 514 g/mol. The summed E-state index contributed by atoms with van der Waals surface area (Å²) in [5, 5.41) is 4.54. The quantitative estimate of drug-likeness (QED) is 0.379. The van der Waals surface area contributed by atoms with E-state index in [1.54, 1.807) is 62.1 Å². The van der Waals surface area contributed by atoms with Crippen LogP contribution < -0.4 is 14.8 Å². The molecule has 0 saturated heterocycles. The zero-order valence-electron chi connectivity index (χ0n) is 20.9. The lowest BCUT2D eigenvalue weighted by atomic mass is 10.1. The molecule has 0 aliphatic carbocycles. The summed E-state index contributed by atoms with van der Waals surface area (Å²) >= 11 is 1.35. The van der Waals surface area contributed by atoms with Gasteiger partial charge >= 0.3 is 6.09 Å². The van der Waals surface area contributed by atoms with E-state index in [2.05, 4.69) is 5.32 Å². The van der Waals surface area contributed by atoms with Gasteiger partial charge < -0.3 is 24.4 Å². The molecule has 3 rings (SSSR count). The largest absolute Gasteiger partial charge is 0.493 e. The first-order valence-corrected chi connectivity index (χ1v) is 12.4. The first-order chi connectivity index (χ1) is 17.2. The lowest BCUT2D eigenvalue weighted by molar-refractivity contribution is 0.0512. The number of ether oxygens (including phenoxy) is 3. The molecule has 1 aromatic heterocycles. The Morgan fingerprint density at radius 3 is 2.50 bits per heavy atom. The van der Waals surface area contributed by atoms with Gasteiger partial charge in [0, 0.05) is 25.2 Å². The van der Waals surface area contributed by atoms with Crippen molar-refractivity contribution in [3.63, 3.8) is 0 Å². The molecule has 36 heavy (non-hydrogen) atoms. The molecule has 192 valence electrons. The van der Waals surface area contributed by atoms with Crippen LogP contribution in [0.2, 0.25) is 0 Å². The summed E-state index contributed by atoms with van der Waals surface area (Å²) in [7, 11) is 1.52. The Morgan fingerprint density at radius 2 is 1.83 bits per heavy atom. The van der Waals surface area contributed by atoms with Gasteiger partial charge in [-0.15, -0.1) is 11.3 Å². The van der Waals surface area contributed by atoms with Crippen LogP contribution in [-0.4, -0.2) is 42.7 Å². The molecule has 0 radical (unpaired) electrons. The Bertz CT molecular complexity index is 1160. The van der Waals surface area contributed by atoms with Crippen molar-refractivity contribution in [1.29, 1.82) is 0 Å². The molecule has 3 aromatic rings. The third kappa shape index (κ3) is 7.98. The average Bonchev–Trinajstić information content (AvgIpc) is 3.37. The van der Waals surface area contributed by atoms with Gasteiger partial charge in [0.1, 0.15) is 18.0 Å². The van der Waals surface area contributed by atoms with Crippen molar-refractivity contribution >= 4 is 23.3 Å². The van der Waals surface area contributed by atoms with Crippen molar-refractivity contribution in [3.05, 3.63) is 81.8 Å². The van der Waals surface area contributed by atoms with E-state index >= 15 is 0 Å². The molecule has 2 amide bonds. The lowest BCUT2D eigenvalue weighted by Gasteiger charge is -2.24. The second kappa shape index (κ2) is 12.4. The summed E-state index contributed by atoms with van der Waals surface area (Å²) in [6.45, 7) is 6.22. The molecule has 0 saturated carbocycles. The molecule has 9 heteroatoms. The molecule has 0 spiro atoms. The zero-order valence-corrected chi connectivity index (χ0v) is 21.7. The minimum atomic E-state index is -0.608. The highest BCUT2D eigenvalue weighted by molar-refractivity contribution is 7.12. The highest BCUT2D eigenvalue weighted by atomic mass is 32.1. The second-order valence-corrected chi connectivity index (χ2v) is 9.95. The number of nitrogens with zero attached hydrogens (tertiary/aromatic N) is 1. The zero-order chi connectivity index (χ0) is 26.1. The molecule has 0 bridgehead atoms. The molecule has 1 heterocycles. The van der Waals surface area contributed by atoms with Crippen molar-refractivity contribution < 1.29 is 28.2 Å². The van der Waals surface area contributed by atoms with Gasteiger partial charge in [-0.05, 0) is 56.0 Å². The molecule has 0 aliphatic rings. The first kappa shape index (κ1) is 27.0. The Kier molecular flexibility index (Phi) is 9.30. The maximum atomic E-state index is 13.9. The summed E-state index contributed by atoms with van der Waals surface area (Å²) < 4.78 is 30.5. The summed E-state index contributed by atoms with van der Waals surface area (Å²) in [5.41, 5.74) is 0.643. The molecular weight excluding hydrogens is 483 g/mol. The lowest BCUT2D eigenvalue weighted by Crippen LogP contribution is -2.39. The van der Waals surface area contributed by atoms with Gasteiger partial charge in [-0.1, -0.05) is 30.3 Å². The minimum absolute atomic E-state index is 0.0572. The number of halogens is 1. The number of nitrogens with one attached hydrogen (secondary N) is 1. The smallest absolute Gasteiger partial charge is 0.407 e. The highest BCUT2D eigenvalue weighted by Crippen LogP contribution is 2.30. The van der Waals surface area contributed by atoms with E-state index in [0.717, 1.165) is 5.56 Å². The maximum Gasteiger partial charge on any atom is 0.407 e. The molecular formula is C27H31FN2O5S. The van der Waals surface area contributed by atoms with E-state index in [1.807, 2.05) is 17.5 Å². The number of carbonyl (C=O) groups is 2. The molecule has 0 aliphatic heterocycles. The van der Waals surface area contributed by atoms with Crippen LogP contribution in [0.25, 0.3) is 0 Å². The van der Waals surface area contributed by atoms with Crippen LogP contribution in [0.4, 0.5) is 9.18 Å². The normalized spacial score (nSPS) is 11.0. The van der Waals surface area contributed by atoms with Gasteiger partial charge in [-0.25, -0.2) is 9.18 Å². The fraction of sp³-hybridized carbons (Fsp3) is 0.333. The van der Waals surface area contributed by atoms with E-state index in [9.17, 15) is 14.0 Å². The predicted molar refractivity (Wildman–Crippen MR) is 137 cm³/mol.